The molecular weight excluding hydrogens is 332 g/mol. The first-order valence-corrected chi connectivity index (χ1v) is 9.04. The van der Waals surface area contributed by atoms with Crippen LogP contribution >= 0.6 is 0 Å². The fraction of sp³-hybridized carbons (Fsp3) is 0.0800. The number of carboxylic acid groups (broad SMARTS) is 1. The largest absolute Gasteiger partial charge is 0.478 e. The molecule has 3 aromatic rings. The molecule has 0 saturated heterocycles. The lowest BCUT2D eigenvalue weighted by atomic mass is 9.88. The van der Waals surface area contributed by atoms with Crippen LogP contribution in [0.2, 0.25) is 0 Å². The second kappa shape index (κ2) is 8.81. The Kier molecular flexibility index (Phi) is 6.01. The molecule has 3 aromatic carbocycles. The van der Waals surface area contributed by atoms with E-state index in [0.29, 0.717) is 0 Å². The van der Waals surface area contributed by atoms with Crippen LogP contribution in [0.15, 0.2) is 91.0 Å². The minimum Gasteiger partial charge on any atom is -0.478 e. The quantitative estimate of drug-likeness (QED) is 0.425. The van der Waals surface area contributed by atoms with Gasteiger partial charge in [0.25, 0.3) is 0 Å². The fourth-order valence-electron chi connectivity index (χ4n) is 3.21. The Morgan fingerprint density at radius 2 is 1.30 bits per heavy atom. The van der Waals surface area contributed by atoms with E-state index in [-0.39, 0.29) is 0 Å². The first kappa shape index (κ1) is 18.4. The molecular formula is C25H22O2. The van der Waals surface area contributed by atoms with Gasteiger partial charge in [0, 0.05) is 6.08 Å². The average Bonchev–Trinajstić information content (AvgIpc) is 2.72. The van der Waals surface area contributed by atoms with Crippen LogP contribution in [0, 0.1) is 0 Å². The highest BCUT2D eigenvalue weighted by Crippen LogP contribution is 2.34. The van der Waals surface area contributed by atoms with Crippen molar-refractivity contribution < 1.29 is 9.90 Å². The summed E-state index contributed by atoms with van der Waals surface area (Å²) in [5.41, 5.74) is 6.87. The van der Waals surface area contributed by atoms with Crippen molar-refractivity contribution in [3.05, 3.63) is 113 Å². The molecule has 0 saturated carbocycles. The summed E-state index contributed by atoms with van der Waals surface area (Å²) in [6.07, 6.45) is 3.68. The van der Waals surface area contributed by atoms with E-state index in [1.165, 1.54) is 22.3 Å². The summed E-state index contributed by atoms with van der Waals surface area (Å²) >= 11 is 0. The zero-order valence-electron chi connectivity index (χ0n) is 15.3. The monoisotopic (exact) mass is 354 g/mol. The zero-order chi connectivity index (χ0) is 19.1. The highest BCUT2D eigenvalue weighted by molar-refractivity contribution is 5.98. The van der Waals surface area contributed by atoms with Gasteiger partial charge in [0.1, 0.15) is 0 Å². The minimum absolute atomic E-state index is 0.867. The first-order valence-electron chi connectivity index (χ1n) is 9.04. The lowest BCUT2D eigenvalue weighted by molar-refractivity contribution is -0.131. The summed E-state index contributed by atoms with van der Waals surface area (Å²) in [5, 5.41) is 8.80. The lowest BCUT2D eigenvalue weighted by Crippen LogP contribution is -1.95. The molecule has 0 aliphatic carbocycles. The SMILES string of the molecule is CCC(=C(c1ccccc1)c1ccc(/C=C/C(=O)O)cc1)c1ccccc1. The number of aliphatic carboxylic acids is 1. The minimum atomic E-state index is -0.943. The van der Waals surface area contributed by atoms with Gasteiger partial charge in [0.2, 0.25) is 0 Å². The van der Waals surface area contributed by atoms with E-state index in [2.05, 4.69) is 67.6 Å². The van der Waals surface area contributed by atoms with Crippen molar-refractivity contribution >= 4 is 23.2 Å². The van der Waals surface area contributed by atoms with Crippen molar-refractivity contribution in [3.63, 3.8) is 0 Å². The topological polar surface area (TPSA) is 37.3 Å². The van der Waals surface area contributed by atoms with Gasteiger partial charge in [-0.25, -0.2) is 4.79 Å². The van der Waals surface area contributed by atoms with Gasteiger partial charge < -0.3 is 5.11 Å². The van der Waals surface area contributed by atoms with Crippen LogP contribution in [0.1, 0.15) is 35.6 Å². The van der Waals surface area contributed by atoms with Gasteiger partial charge in [0.05, 0.1) is 0 Å². The third kappa shape index (κ3) is 4.62. The van der Waals surface area contributed by atoms with Crippen LogP contribution in [-0.4, -0.2) is 11.1 Å². The molecule has 3 rings (SSSR count). The van der Waals surface area contributed by atoms with Crippen molar-refractivity contribution in [2.75, 3.05) is 0 Å². The highest BCUT2D eigenvalue weighted by atomic mass is 16.4. The molecule has 0 fully saturated rings. The van der Waals surface area contributed by atoms with Crippen molar-refractivity contribution in [2.24, 2.45) is 0 Å². The average molecular weight is 354 g/mol. The van der Waals surface area contributed by atoms with Crippen LogP contribution < -0.4 is 0 Å². The number of benzene rings is 3. The standard InChI is InChI=1S/C25H22O2/c1-2-23(20-9-5-3-6-10-20)25(21-11-7-4-8-12-21)22-16-13-19(14-17-22)15-18-24(26)27/h3-18H,2H2,1H3,(H,26,27)/b18-15+,25-23?. The summed E-state index contributed by atoms with van der Waals surface area (Å²) in [6.45, 7) is 2.18. The van der Waals surface area contributed by atoms with E-state index in [9.17, 15) is 4.79 Å². The molecule has 0 spiro atoms. The molecule has 0 heterocycles. The fourth-order valence-corrected chi connectivity index (χ4v) is 3.21. The van der Waals surface area contributed by atoms with Crippen molar-refractivity contribution in [1.82, 2.24) is 0 Å². The predicted molar refractivity (Wildman–Crippen MR) is 112 cm³/mol. The molecule has 0 aliphatic heterocycles. The maximum atomic E-state index is 10.7. The van der Waals surface area contributed by atoms with Gasteiger partial charge in [-0.1, -0.05) is 91.9 Å². The van der Waals surface area contributed by atoms with Gasteiger partial charge >= 0.3 is 5.97 Å². The molecule has 27 heavy (non-hydrogen) atoms. The molecule has 1 N–H and O–H groups in total. The predicted octanol–water partition coefficient (Wildman–Crippen LogP) is 6.15. The van der Waals surface area contributed by atoms with Gasteiger partial charge in [0.15, 0.2) is 0 Å². The number of hydrogen-bond donors (Lipinski definition) is 1. The smallest absolute Gasteiger partial charge is 0.328 e. The van der Waals surface area contributed by atoms with Crippen molar-refractivity contribution in [3.8, 4) is 0 Å². The molecule has 0 amide bonds. The second-order valence-electron chi connectivity index (χ2n) is 6.23. The Morgan fingerprint density at radius 3 is 1.81 bits per heavy atom. The van der Waals surface area contributed by atoms with Crippen LogP contribution in [-0.2, 0) is 4.79 Å². The number of carboxylic acids is 1. The highest BCUT2D eigenvalue weighted by Gasteiger charge is 2.12. The van der Waals surface area contributed by atoms with Crippen molar-refractivity contribution in [2.45, 2.75) is 13.3 Å². The van der Waals surface area contributed by atoms with E-state index < -0.39 is 5.97 Å². The maximum Gasteiger partial charge on any atom is 0.328 e. The van der Waals surface area contributed by atoms with E-state index >= 15 is 0 Å². The Hall–Kier alpha value is -3.39. The molecule has 2 nitrogen and oxygen atoms in total. The Bertz CT molecular complexity index is 950. The van der Waals surface area contributed by atoms with E-state index in [4.69, 9.17) is 5.11 Å². The Balaban J connectivity index is 2.14. The third-order valence-electron chi connectivity index (χ3n) is 4.46. The molecule has 0 bridgehead atoms. The van der Waals surface area contributed by atoms with Gasteiger partial charge in [-0.15, -0.1) is 0 Å². The van der Waals surface area contributed by atoms with Crippen LogP contribution in [0.3, 0.4) is 0 Å². The van der Waals surface area contributed by atoms with Crippen molar-refractivity contribution in [1.29, 1.82) is 0 Å². The molecule has 0 radical (unpaired) electrons. The molecule has 0 aliphatic rings. The Morgan fingerprint density at radius 1 is 0.778 bits per heavy atom. The summed E-state index contributed by atoms with van der Waals surface area (Å²) < 4.78 is 0. The van der Waals surface area contributed by atoms with Crippen LogP contribution in [0.25, 0.3) is 17.2 Å². The summed E-state index contributed by atoms with van der Waals surface area (Å²) in [5.74, 6) is -0.943. The first-order chi connectivity index (χ1) is 13.2. The van der Waals surface area contributed by atoms with Gasteiger partial charge in [-0.05, 0) is 45.9 Å². The number of carbonyl (C=O) groups is 1. The third-order valence-corrected chi connectivity index (χ3v) is 4.46. The molecule has 134 valence electrons. The number of rotatable bonds is 6. The molecule has 0 unspecified atom stereocenters. The van der Waals surface area contributed by atoms with E-state index in [0.717, 1.165) is 23.6 Å². The van der Waals surface area contributed by atoms with Crippen LogP contribution in [0.5, 0.6) is 0 Å². The zero-order valence-corrected chi connectivity index (χ0v) is 15.3. The lowest BCUT2D eigenvalue weighted by Gasteiger charge is -2.16. The maximum absolute atomic E-state index is 10.7. The number of allylic oxidation sites excluding steroid dienone is 1. The summed E-state index contributed by atoms with van der Waals surface area (Å²) in [6, 6.07) is 28.9. The molecule has 2 heteroatoms. The molecule has 0 atom stereocenters. The van der Waals surface area contributed by atoms with Crippen LogP contribution in [0.4, 0.5) is 0 Å². The van der Waals surface area contributed by atoms with Gasteiger partial charge in [-0.2, -0.15) is 0 Å². The summed E-state index contributed by atoms with van der Waals surface area (Å²) in [7, 11) is 0. The summed E-state index contributed by atoms with van der Waals surface area (Å²) in [4.78, 5) is 10.7. The second-order valence-corrected chi connectivity index (χ2v) is 6.23. The number of hydrogen-bond acceptors (Lipinski definition) is 1. The Labute approximate surface area is 160 Å². The van der Waals surface area contributed by atoms with Gasteiger partial charge in [-0.3, -0.25) is 0 Å². The molecule has 0 aromatic heterocycles. The van der Waals surface area contributed by atoms with E-state index in [1.807, 2.05) is 24.3 Å². The normalized spacial score (nSPS) is 12.0. The van der Waals surface area contributed by atoms with E-state index in [1.54, 1.807) is 6.08 Å².